The van der Waals surface area contributed by atoms with Gasteiger partial charge in [0.2, 0.25) is 0 Å². The van der Waals surface area contributed by atoms with Crippen molar-refractivity contribution in [2.24, 2.45) is 27.8 Å². The number of oxime groups is 1. The number of hydrogen-bond acceptors (Lipinski definition) is 2. The molecule has 0 unspecified atom stereocenters. The zero-order chi connectivity index (χ0) is 12.8. The van der Waals surface area contributed by atoms with Crippen LogP contribution in [0.1, 0.15) is 53.9 Å². The molecule has 2 heteroatoms. The number of rotatable bonds is 1. The summed E-state index contributed by atoms with van der Waals surface area (Å²) in [6, 6.07) is 0. The Hall–Kier alpha value is -0.790. The molecule has 2 aliphatic rings. The van der Waals surface area contributed by atoms with Gasteiger partial charge in [0.25, 0.3) is 0 Å². The molecule has 17 heavy (non-hydrogen) atoms. The Labute approximate surface area is 105 Å². The minimum absolute atomic E-state index is 0.206. The Kier molecular flexibility index (Phi) is 2.87. The van der Waals surface area contributed by atoms with Crippen molar-refractivity contribution in [3.05, 3.63) is 11.6 Å². The number of nitrogens with zero attached hydrogens (tertiary/aromatic N) is 1. The van der Waals surface area contributed by atoms with Gasteiger partial charge in [-0.25, -0.2) is 0 Å². The average molecular weight is 235 g/mol. The molecule has 1 saturated carbocycles. The van der Waals surface area contributed by atoms with E-state index in [1.807, 2.05) is 0 Å². The molecule has 0 spiro atoms. The fourth-order valence-corrected chi connectivity index (χ4v) is 4.42. The zero-order valence-electron chi connectivity index (χ0n) is 11.7. The normalized spacial score (nSPS) is 38.4. The van der Waals surface area contributed by atoms with Gasteiger partial charge in [0.05, 0.1) is 5.71 Å². The summed E-state index contributed by atoms with van der Waals surface area (Å²) in [6.07, 6.45) is 5.89. The van der Waals surface area contributed by atoms with E-state index >= 15 is 0 Å². The SMILES string of the molecule is CC(C)C1=C/C(=N\O)[C@H]2C(C)(C)CCC[C@@]12C. The van der Waals surface area contributed by atoms with E-state index in [-0.39, 0.29) is 10.8 Å². The second-order valence-electron chi connectivity index (χ2n) is 6.97. The summed E-state index contributed by atoms with van der Waals surface area (Å²) < 4.78 is 0. The van der Waals surface area contributed by atoms with Crippen LogP contribution in [-0.4, -0.2) is 10.9 Å². The summed E-state index contributed by atoms with van der Waals surface area (Å²) in [6.45, 7) is 11.5. The standard InChI is InChI=1S/C15H25NO/c1-10(2)11-9-12(16-17)13-14(3,4)7-6-8-15(11,13)5/h9-10,13,17H,6-8H2,1-5H3/b16-12+/t13-,15-/m0/s1. The molecule has 1 N–H and O–H groups in total. The van der Waals surface area contributed by atoms with E-state index < -0.39 is 0 Å². The predicted molar refractivity (Wildman–Crippen MR) is 71.4 cm³/mol. The van der Waals surface area contributed by atoms with Gasteiger partial charge < -0.3 is 5.21 Å². The minimum Gasteiger partial charge on any atom is -0.411 e. The lowest BCUT2D eigenvalue weighted by Crippen LogP contribution is -2.44. The lowest BCUT2D eigenvalue weighted by molar-refractivity contribution is 0.0761. The van der Waals surface area contributed by atoms with Crippen LogP contribution in [0.4, 0.5) is 0 Å². The summed E-state index contributed by atoms with van der Waals surface area (Å²) >= 11 is 0. The van der Waals surface area contributed by atoms with Crippen molar-refractivity contribution in [1.29, 1.82) is 0 Å². The molecule has 2 rings (SSSR count). The highest BCUT2D eigenvalue weighted by Crippen LogP contribution is 2.59. The maximum absolute atomic E-state index is 9.29. The molecule has 2 atom stereocenters. The average Bonchev–Trinajstić information content (AvgIpc) is 2.51. The summed E-state index contributed by atoms with van der Waals surface area (Å²) in [4.78, 5) is 0. The Bertz CT molecular complexity index is 378. The molecule has 0 aliphatic heterocycles. The topological polar surface area (TPSA) is 32.6 Å². The molecule has 0 aromatic rings. The smallest absolute Gasteiger partial charge is 0.0840 e. The maximum atomic E-state index is 9.29. The molecule has 0 bridgehead atoms. The zero-order valence-corrected chi connectivity index (χ0v) is 11.7. The first kappa shape index (κ1) is 12.7. The van der Waals surface area contributed by atoms with E-state index in [0.29, 0.717) is 11.8 Å². The molecule has 96 valence electrons. The first-order chi connectivity index (χ1) is 7.83. The molecule has 0 aromatic heterocycles. The van der Waals surface area contributed by atoms with Crippen LogP contribution in [0.2, 0.25) is 0 Å². The molecular formula is C15H25NO. The summed E-state index contributed by atoms with van der Waals surface area (Å²) in [7, 11) is 0. The van der Waals surface area contributed by atoms with E-state index in [1.54, 1.807) is 0 Å². The van der Waals surface area contributed by atoms with Crippen molar-refractivity contribution in [2.45, 2.75) is 53.9 Å². The Morgan fingerprint density at radius 1 is 1.29 bits per heavy atom. The summed E-state index contributed by atoms with van der Waals surface area (Å²) in [5.41, 5.74) is 2.82. The summed E-state index contributed by atoms with van der Waals surface area (Å²) in [5.74, 6) is 0.918. The van der Waals surface area contributed by atoms with Crippen LogP contribution >= 0.6 is 0 Å². The number of allylic oxidation sites excluding steroid dienone is 2. The van der Waals surface area contributed by atoms with Crippen molar-refractivity contribution < 1.29 is 5.21 Å². The highest BCUT2D eigenvalue weighted by molar-refractivity contribution is 6.01. The lowest BCUT2D eigenvalue weighted by atomic mass is 9.55. The van der Waals surface area contributed by atoms with E-state index in [9.17, 15) is 5.21 Å². The van der Waals surface area contributed by atoms with Crippen LogP contribution in [0.25, 0.3) is 0 Å². The van der Waals surface area contributed by atoms with Crippen molar-refractivity contribution in [3.8, 4) is 0 Å². The van der Waals surface area contributed by atoms with E-state index in [2.05, 4.69) is 45.9 Å². The molecule has 2 aliphatic carbocycles. The molecule has 0 heterocycles. The van der Waals surface area contributed by atoms with Gasteiger partial charge in [-0.2, -0.15) is 0 Å². The van der Waals surface area contributed by atoms with E-state index in [1.165, 1.54) is 24.8 Å². The molecule has 1 fully saturated rings. The van der Waals surface area contributed by atoms with Crippen LogP contribution < -0.4 is 0 Å². The van der Waals surface area contributed by atoms with Crippen LogP contribution in [0.5, 0.6) is 0 Å². The highest BCUT2D eigenvalue weighted by atomic mass is 16.4. The summed E-state index contributed by atoms with van der Waals surface area (Å²) in [5, 5.41) is 12.9. The fraction of sp³-hybridized carbons (Fsp3) is 0.800. The lowest BCUT2D eigenvalue weighted by Gasteiger charge is -2.49. The van der Waals surface area contributed by atoms with Gasteiger partial charge in [-0.15, -0.1) is 0 Å². The Morgan fingerprint density at radius 2 is 1.94 bits per heavy atom. The molecule has 0 aromatic carbocycles. The van der Waals surface area contributed by atoms with Gasteiger partial charge in [-0.1, -0.05) is 51.8 Å². The molecule has 0 saturated heterocycles. The van der Waals surface area contributed by atoms with E-state index in [4.69, 9.17) is 0 Å². The minimum atomic E-state index is 0.206. The first-order valence-electron chi connectivity index (χ1n) is 6.77. The fourth-order valence-electron chi connectivity index (χ4n) is 4.42. The third kappa shape index (κ3) is 1.73. The van der Waals surface area contributed by atoms with Crippen LogP contribution in [0, 0.1) is 22.7 Å². The van der Waals surface area contributed by atoms with Crippen LogP contribution in [0.15, 0.2) is 16.8 Å². The third-order valence-electron chi connectivity index (χ3n) is 4.93. The quantitative estimate of drug-likeness (QED) is 0.535. The van der Waals surface area contributed by atoms with Gasteiger partial charge in [-0.05, 0) is 35.7 Å². The van der Waals surface area contributed by atoms with Gasteiger partial charge in [0, 0.05) is 5.92 Å². The van der Waals surface area contributed by atoms with Gasteiger partial charge in [0.1, 0.15) is 0 Å². The van der Waals surface area contributed by atoms with Gasteiger partial charge >= 0.3 is 0 Å². The first-order valence-corrected chi connectivity index (χ1v) is 6.77. The highest BCUT2D eigenvalue weighted by Gasteiger charge is 2.54. The molecular weight excluding hydrogens is 210 g/mol. The Morgan fingerprint density at radius 3 is 2.47 bits per heavy atom. The van der Waals surface area contributed by atoms with Crippen LogP contribution in [-0.2, 0) is 0 Å². The molecule has 2 nitrogen and oxygen atoms in total. The van der Waals surface area contributed by atoms with E-state index in [0.717, 1.165) is 5.71 Å². The monoisotopic (exact) mass is 235 g/mol. The number of fused-ring (bicyclic) bond motifs is 1. The van der Waals surface area contributed by atoms with Crippen molar-refractivity contribution in [2.75, 3.05) is 0 Å². The third-order valence-corrected chi connectivity index (χ3v) is 4.93. The largest absolute Gasteiger partial charge is 0.411 e. The van der Waals surface area contributed by atoms with Crippen LogP contribution in [0.3, 0.4) is 0 Å². The second kappa shape index (κ2) is 3.86. The predicted octanol–water partition coefficient (Wildman–Crippen LogP) is 4.25. The Balaban J connectivity index is 2.50. The maximum Gasteiger partial charge on any atom is 0.0840 e. The van der Waals surface area contributed by atoms with Crippen molar-refractivity contribution >= 4 is 5.71 Å². The van der Waals surface area contributed by atoms with Gasteiger partial charge in [0.15, 0.2) is 0 Å². The molecule has 0 radical (unpaired) electrons. The van der Waals surface area contributed by atoms with Crippen molar-refractivity contribution in [3.63, 3.8) is 0 Å². The number of hydrogen-bond donors (Lipinski definition) is 1. The second-order valence-corrected chi connectivity index (χ2v) is 6.97. The van der Waals surface area contributed by atoms with Gasteiger partial charge in [-0.3, -0.25) is 0 Å². The van der Waals surface area contributed by atoms with Crippen molar-refractivity contribution in [1.82, 2.24) is 0 Å². The molecule has 0 amide bonds.